The smallest absolute Gasteiger partial charge is 0.283 e. The van der Waals surface area contributed by atoms with Crippen molar-refractivity contribution in [3.8, 4) is 5.75 Å². The van der Waals surface area contributed by atoms with E-state index < -0.39 is 0 Å². The molecule has 1 aliphatic heterocycles. The van der Waals surface area contributed by atoms with E-state index in [-0.39, 0.29) is 10.7 Å². The number of carbonyl (C=O) groups is 1. The number of halogens is 1. The zero-order valence-corrected chi connectivity index (χ0v) is 15.6. The molecule has 0 N–H and O–H groups in total. The predicted octanol–water partition coefficient (Wildman–Crippen LogP) is 4.47. The van der Waals surface area contributed by atoms with Gasteiger partial charge in [0.05, 0.1) is 12.7 Å². The lowest BCUT2D eigenvalue weighted by atomic mass is 10.2. The number of hydrogen-bond donors (Lipinski definition) is 0. The Bertz CT molecular complexity index is 617. The first kappa shape index (κ1) is 18.1. The number of amidine groups is 1. The standard InChI is InChI=1S/C17H23ClN2O2S/c1-5-6-9-20-11-17(2,3)23-16(20)19-15(21)13-10-12(18)7-8-14(13)22-4/h7-8,10H,5-6,9,11H2,1-4H3. The number of methoxy groups -OCH3 is 1. The molecule has 1 amide bonds. The summed E-state index contributed by atoms with van der Waals surface area (Å²) in [4.78, 5) is 19.1. The lowest BCUT2D eigenvalue weighted by Crippen LogP contribution is -2.30. The van der Waals surface area contributed by atoms with Crippen molar-refractivity contribution in [2.75, 3.05) is 20.2 Å². The molecular formula is C17H23ClN2O2S. The molecule has 0 radical (unpaired) electrons. The lowest BCUT2D eigenvalue weighted by Gasteiger charge is -2.19. The van der Waals surface area contributed by atoms with Gasteiger partial charge in [0.2, 0.25) is 0 Å². The van der Waals surface area contributed by atoms with Crippen LogP contribution in [0, 0.1) is 0 Å². The highest BCUT2D eigenvalue weighted by atomic mass is 35.5. The van der Waals surface area contributed by atoms with Gasteiger partial charge in [0.25, 0.3) is 5.91 Å². The zero-order chi connectivity index (χ0) is 17.0. The quantitative estimate of drug-likeness (QED) is 0.782. The maximum atomic E-state index is 12.6. The Kier molecular flexibility index (Phi) is 5.98. The van der Waals surface area contributed by atoms with Crippen molar-refractivity contribution in [2.24, 2.45) is 4.99 Å². The second kappa shape index (κ2) is 7.58. The molecule has 0 atom stereocenters. The average Bonchev–Trinajstić information content (AvgIpc) is 2.78. The molecule has 23 heavy (non-hydrogen) atoms. The van der Waals surface area contributed by atoms with Gasteiger partial charge in [-0.25, -0.2) is 0 Å². The molecule has 0 aromatic heterocycles. The van der Waals surface area contributed by atoms with Gasteiger partial charge in [0, 0.05) is 22.9 Å². The van der Waals surface area contributed by atoms with Gasteiger partial charge < -0.3 is 9.64 Å². The van der Waals surface area contributed by atoms with Crippen LogP contribution in [0.4, 0.5) is 0 Å². The number of amides is 1. The predicted molar refractivity (Wildman–Crippen MR) is 97.9 cm³/mol. The van der Waals surface area contributed by atoms with Crippen molar-refractivity contribution in [1.82, 2.24) is 4.90 Å². The lowest BCUT2D eigenvalue weighted by molar-refractivity contribution is 0.0999. The van der Waals surface area contributed by atoms with Gasteiger partial charge in [-0.2, -0.15) is 4.99 Å². The molecule has 1 aromatic carbocycles. The van der Waals surface area contributed by atoms with Gasteiger partial charge >= 0.3 is 0 Å². The number of nitrogens with zero attached hydrogens (tertiary/aromatic N) is 2. The molecule has 1 saturated heterocycles. The number of thioether (sulfide) groups is 1. The SMILES string of the molecule is CCCCN1CC(C)(C)SC1=NC(=O)c1cc(Cl)ccc1OC. The van der Waals surface area contributed by atoms with E-state index in [4.69, 9.17) is 16.3 Å². The first-order chi connectivity index (χ1) is 10.9. The van der Waals surface area contributed by atoms with Crippen LogP contribution in [0.1, 0.15) is 44.0 Å². The molecule has 0 spiro atoms. The Morgan fingerprint density at radius 3 is 2.87 bits per heavy atom. The number of rotatable bonds is 5. The van der Waals surface area contributed by atoms with Crippen molar-refractivity contribution < 1.29 is 9.53 Å². The van der Waals surface area contributed by atoms with Gasteiger partial charge in [-0.15, -0.1) is 0 Å². The summed E-state index contributed by atoms with van der Waals surface area (Å²) in [6.45, 7) is 8.32. The maximum absolute atomic E-state index is 12.6. The first-order valence-electron chi connectivity index (χ1n) is 7.77. The summed E-state index contributed by atoms with van der Waals surface area (Å²) in [7, 11) is 1.54. The molecular weight excluding hydrogens is 332 g/mol. The van der Waals surface area contributed by atoms with E-state index in [9.17, 15) is 4.79 Å². The highest BCUT2D eigenvalue weighted by molar-refractivity contribution is 8.15. The topological polar surface area (TPSA) is 41.9 Å². The van der Waals surface area contributed by atoms with Crippen LogP contribution in [-0.4, -0.2) is 40.9 Å². The Balaban J connectivity index is 2.28. The molecule has 0 bridgehead atoms. The van der Waals surface area contributed by atoms with Gasteiger partial charge in [0.1, 0.15) is 5.75 Å². The third kappa shape index (κ3) is 4.64. The van der Waals surface area contributed by atoms with Crippen molar-refractivity contribution >= 4 is 34.4 Å². The number of hydrogen-bond acceptors (Lipinski definition) is 3. The fourth-order valence-electron chi connectivity index (χ4n) is 2.48. The van der Waals surface area contributed by atoms with Crippen LogP contribution in [0.3, 0.4) is 0 Å². The molecule has 6 heteroatoms. The largest absolute Gasteiger partial charge is 0.496 e. The van der Waals surface area contributed by atoms with Crippen LogP contribution >= 0.6 is 23.4 Å². The Morgan fingerprint density at radius 1 is 1.48 bits per heavy atom. The maximum Gasteiger partial charge on any atom is 0.283 e. The summed E-state index contributed by atoms with van der Waals surface area (Å²) in [5.74, 6) is 0.178. The van der Waals surface area contributed by atoms with E-state index in [1.54, 1.807) is 30.0 Å². The normalized spacial score (nSPS) is 18.5. The molecule has 1 aromatic rings. The summed E-state index contributed by atoms with van der Waals surface area (Å²) < 4.78 is 5.31. The van der Waals surface area contributed by atoms with E-state index >= 15 is 0 Å². The molecule has 126 valence electrons. The van der Waals surface area contributed by atoms with E-state index in [1.165, 1.54) is 7.11 Å². The van der Waals surface area contributed by atoms with Crippen molar-refractivity contribution in [3.05, 3.63) is 28.8 Å². The summed E-state index contributed by atoms with van der Waals surface area (Å²) in [6, 6.07) is 5.00. The molecule has 0 aliphatic carbocycles. The van der Waals surface area contributed by atoms with Crippen LogP contribution in [0.15, 0.2) is 23.2 Å². The van der Waals surface area contributed by atoms with Crippen LogP contribution in [0.25, 0.3) is 0 Å². The van der Waals surface area contributed by atoms with Gasteiger partial charge in [0.15, 0.2) is 5.17 Å². The number of benzene rings is 1. The molecule has 4 nitrogen and oxygen atoms in total. The van der Waals surface area contributed by atoms with E-state index in [1.807, 2.05) is 0 Å². The highest BCUT2D eigenvalue weighted by Gasteiger charge is 2.35. The molecule has 2 rings (SSSR count). The summed E-state index contributed by atoms with van der Waals surface area (Å²) in [5.41, 5.74) is 0.397. The Hall–Kier alpha value is -1.20. The summed E-state index contributed by atoms with van der Waals surface area (Å²) in [6.07, 6.45) is 2.20. The molecule has 1 fully saturated rings. The monoisotopic (exact) mass is 354 g/mol. The third-order valence-electron chi connectivity index (χ3n) is 3.58. The fraction of sp³-hybridized carbons (Fsp3) is 0.529. The van der Waals surface area contributed by atoms with Crippen LogP contribution in [0.5, 0.6) is 5.75 Å². The van der Waals surface area contributed by atoms with Gasteiger partial charge in [-0.1, -0.05) is 36.7 Å². The molecule has 0 saturated carbocycles. The van der Waals surface area contributed by atoms with Crippen molar-refractivity contribution in [2.45, 2.75) is 38.4 Å². The molecule has 1 aliphatic rings. The molecule has 0 unspecified atom stereocenters. The van der Waals surface area contributed by atoms with Gasteiger partial charge in [-0.05, 0) is 38.5 Å². The van der Waals surface area contributed by atoms with Crippen molar-refractivity contribution in [1.29, 1.82) is 0 Å². The first-order valence-corrected chi connectivity index (χ1v) is 8.96. The second-order valence-electron chi connectivity index (χ2n) is 6.18. The minimum Gasteiger partial charge on any atom is -0.496 e. The van der Waals surface area contributed by atoms with E-state index in [0.29, 0.717) is 16.3 Å². The summed E-state index contributed by atoms with van der Waals surface area (Å²) in [5, 5.41) is 1.28. The minimum absolute atomic E-state index is 0.0608. The zero-order valence-electron chi connectivity index (χ0n) is 14.1. The fourth-order valence-corrected chi connectivity index (χ4v) is 3.78. The van der Waals surface area contributed by atoms with Crippen LogP contribution in [-0.2, 0) is 0 Å². The minimum atomic E-state index is -0.314. The summed E-state index contributed by atoms with van der Waals surface area (Å²) >= 11 is 7.65. The number of ether oxygens (including phenoxy) is 1. The van der Waals surface area contributed by atoms with Crippen LogP contribution < -0.4 is 4.74 Å². The molecule has 1 heterocycles. The highest BCUT2D eigenvalue weighted by Crippen LogP contribution is 2.36. The second-order valence-corrected chi connectivity index (χ2v) is 8.29. The number of unbranched alkanes of at least 4 members (excludes halogenated alkanes) is 1. The average molecular weight is 355 g/mol. The van der Waals surface area contributed by atoms with Gasteiger partial charge in [-0.3, -0.25) is 4.79 Å². The van der Waals surface area contributed by atoms with Crippen molar-refractivity contribution in [3.63, 3.8) is 0 Å². The Labute approximate surface area is 147 Å². The Morgan fingerprint density at radius 2 is 2.22 bits per heavy atom. The third-order valence-corrected chi connectivity index (χ3v) is 5.03. The van der Waals surface area contributed by atoms with E-state index in [2.05, 4.69) is 30.7 Å². The number of carbonyl (C=O) groups excluding carboxylic acids is 1. The van der Waals surface area contributed by atoms with Crippen LogP contribution in [0.2, 0.25) is 5.02 Å². The van der Waals surface area contributed by atoms with E-state index in [0.717, 1.165) is 31.1 Å². The number of aliphatic imine (C=N–C) groups is 1.